The molecule has 0 bridgehead atoms. The molecule has 0 aliphatic carbocycles. The number of ketones is 1. The lowest BCUT2D eigenvalue weighted by Crippen LogP contribution is -2.59. The molecule has 10 N–H and O–H groups in total. The predicted octanol–water partition coefficient (Wildman–Crippen LogP) is -3.68. The minimum absolute atomic E-state index is 0.0910. The lowest BCUT2D eigenvalue weighted by atomic mass is 9.99. The number of carbonyl (C=O) groups excluding carboxylic acids is 3. The van der Waals surface area contributed by atoms with Gasteiger partial charge in [0.15, 0.2) is 18.4 Å². The number of carbonyl (C=O) groups is 3. The van der Waals surface area contributed by atoms with Crippen LogP contribution in [0.2, 0.25) is 0 Å². The van der Waals surface area contributed by atoms with Crippen molar-refractivity contribution in [3.63, 3.8) is 0 Å². The van der Waals surface area contributed by atoms with Gasteiger partial charge in [-0.25, -0.2) is 0 Å². The van der Waals surface area contributed by atoms with E-state index in [-0.39, 0.29) is 43.7 Å². The Hall–Kier alpha value is -1.87. The van der Waals surface area contributed by atoms with E-state index in [1.807, 2.05) is 0 Å². The van der Waals surface area contributed by atoms with Crippen molar-refractivity contribution in [1.29, 1.82) is 0 Å². The first-order valence-corrected chi connectivity index (χ1v) is 15.8. The first kappa shape index (κ1) is 40.3. The second-order valence-electron chi connectivity index (χ2n) is 11.6. The standard InChI is InChI=1S/C29H52N2O15/c1-16(34)17(31-21(36)10-4-7-13-44-29-27(42)25(40)23(38)19(15-33)46-29)8-2-5-11-30-20(35)9-3-6-12-43-28-26(41)24(39)22(37)18(14-32)45-28/h17-19,22-29,32-33,37-42H,2-15H2,1H3,(H,30,35)(H,31,36)/t17-,18?,19?,22?,23?,24?,25+,26?,27?,28?,29?/m1/s1. The van der Waals surface area contributed by atoms with Crippen molar-refractivity contribution in [3.8, 4) is 0 Å². The van der Waals surface area contributed by atoms with Gasteiger partial charge < -0.3 is 70.4 Å². The van der Waals surface area contributed by atoms with Gasteiger partial charge in [0.1, 0.15) is 48.8 Å². The fourth-order valence-electron chi connectivity index (χ4n) is 5.02. The fraction of sp³-hybridized carbons (Fsp3) is 0.897. The van der Waals surface area contributed by atoms with Crippen LogP contribution in [0.15, 0.2) is 0 Å². The molecule has 17 nitrogen and oxygen atoms in total. The molecule has 0 saturated carbocycles. The molecule has 2 aliphatic rings. The SMILES string of the molecule is CC(=O)[C@@H](CCCCNC(=O)CCCCOC1OC(CO)C(O)C(O)C1O)NC(=O)CCCCOC1OC(CO)C(O)[C@H](O)C1O. The zero-order valence-electron chi connectivity index (χ0n) is 26.2. The summed E-state index contributed by atoms with van der Waals surface area (Å²) in [7, 11) is 0. The molecule has 17 heteroatoms. The summed E-state index contributed by atoms with van der Waals surface area (Å²) in [5.74, 6) is -0.661. The molecule has 0 aromatic rings. The van der Waals surface area contributed by atoms with E-state index in [0.29, 0.717) is 51.5 Å². The first-order valence-electron chi connectivity index (χ1n) is 15.8. The summed E-state index contributed by atoms with van der Waals surface area (Å²) in [6.07, 6.45) is -9.77. The monoisotopic (exact) mass is 668 g/mol. The topological polar surface area (TPSA) is 274 Å². The fourth-order valence-corrected chi connectivity index (χ4v) is 5.02. The van der Waals surface area contributed by atoms with Crippen LogP contribution in [0.4, 0.5) is 0 Å². The Morgan fingerprint density at radius 3 is 1.59 bits per heavy atom. The van der Waals surface area contributed by atoms with Crippen molar-refractivity contribution in [2.24, 2.45) is 0 Å². The van der Waals surface area contributed by atoms with E-state index in [9.17, 15) is 55.2 Å². The van der Waals surface area contributed by atoms with Crippen LogP contribution in [0.5, 0.6) is 0 Å². The van der Waals surface area contributed by atoms with Crippen LogP contribution in [-0.2, 0) is 33.3 Å². The zero-order chi connectivity index (χ0) is 34.2. The second-order valence-corrected chi connectivity index (χ2v) is 11.6. The smallest absolute Gasteiger partial charge is 0.220 e. The van der Waals surface area contributed by atoms with Crippen molar-refractivity contribution in [2.75, 3.05) is 33.0 Å². The van der Waals surface area contributed by atoms with E-state index in [2.05, 4.69) is 10.6 Å². The number of amides is 2. The summed E-state index contributed by atoms with van der Waals surface area (Å²) in [6.45, 7) is 0.898. The molecule has 46 heavy (non-hydrogen) atoms. The molecule has 0 aromatic heterocycles. The number of unbranched alkanes of at least 4 members (excludes halogenated alkanes) is 3. The van der Waals surface area contributed by atoms with Gasteiger partial charge in [-0.3, -0.25) is 14.4 Å². The molecule has 2 amide bonds. The maximum Gasteiger partial charge on any atom is 0.220 e. The zero-order valence-corrected chi connectivity index (χ0v) is 26.2. The van der Waals surface area contributed by atoms with E-state index >= 15 is 0 Å². The molecule has 0 aromatic carbocycles. The lowest BCUT2D eigenvalue weighted by Gasteiger charge is -2.39. The van der Waals surface area contributed by atoms with E-state index < -0.39 is 80.7 Å². The number of rotatable bonds is 21. The quantitative estimate of drug-likeness (QED) is 0.0528. The highest BCUT2D eigenvalue weighted by Crippen LogP contribution is 2.23. The molecule has 2 fully saturated rings. The Morgan fingerprint density at radius 1 is 0.652 bits per heavy atom. The lowest BCUT2D eigenvalue weighted by molar-refractivity contribution is -0.301. The molecule has 0 radical (unpaired) electrons. The van der Waals surface area contributed by atoms with Crippen LogP contribution in [0.1, 0.15) is 64.7 Å². The molecule has 2 saturated heterocycles. The predicted molar refractivity (Wildman–Crippen MR) is 157 cm³/mol. The Morgan fingerprint density at radius 2 is 1.13 bits per heavy atom. The van der Waals surface area contributed by atoms with Crippen LogP contribution in [0, 0.1) is 0 Å². The summed E-state index contributed by atoms with van der Waals surface area (Å²) in [5.41, 5.74) is 0. The van der Waals surface area contributed by atoms with Gasteiger partial charge in [-0.15, -0.1) is 0 Å². The summed E-state index contributed by atoms with van der Waals surface area (Å²) in [6, 6.07) is -0.655. The van der Waals surface area contributed by atoms with Crippen molar-refractivity contribution in [3.05, 3.63) is 0 Å². The molecule has 2 aliphatic heterocycles. The summed E-state index contributed by atoms with van der Waals surface area (Å²) < 4.78 is 21.3. The van der Waals surface area contributed by atoms with Gasteiger partial charge in [0.05, 0.1) is 19.3 Å². The van der Waals surface area contributed by atoms with Gasteiger partial charge in [0.2, 0.25) is 11.8 Å². The van der Waals surface area contributed by atoms with E-state index in [0.717, 1.165) is 0 Å². The summed E-state index contributed by atoms with van der Waals surface area (Å²) >= 11 is 0. The maximum atomic E-state index is 12.3. The van der Waals surface area contributed by atoms with Crippen molar-refractivity contribution in [1.82, 2.24) is 10.6 Å². The molecule has 268 valence electrons. The largest absolute Gasteiger partial charge is 0.394 e. The van der Waals surface area contributed by atoms with Gasteiger partial charge in [-0.05, 0) is 51.9 Å². The van der Waals surface area contributed by atoms with E-state index in [1.165, 1.54) is 6.92 Å². The van der Waals surface area contributed by atoms with Gasteiger partial charge in [0, 0.05) is 32.6 Å². The van der Waals surface area contributed by atoms with Crippen LogP contribution in [0.3, 0.4) is 0 Å². The molecule has 2 rings (SSSR count). The first-order chi connectivity index (χ1) is 21.9. The van der Waals surface area contributed by atoms with Crippen LogP contribution >= 0.6 is 0 Å². The van der Waals surface area contributed by atoms with Gasteiger partial charge in [0.25, 0.3) is 0 Å². The van der Waals surface area contributed by atoms with Gasteiger partial charge in [-0.2, -0.15) is 0 Å². The number of aliphatic hydroxyl groups excluding tert-OH is 8. The minimum atomic E-state index is -1.53. The summed E-state index contributed by atoms with van der Waals surface area (Å²) in [5, 5.41) is 83.1. The Kier molecular flexibility index (Phi) is 18.6. The second kappa shape index (κ2) is 21.2. The summed E-state index contributed by atoms with van der Waals surface area (Å²) in [4.78, 5) is 36.5. The molecule has 2 heterocycles. The Balaban J connectivity index is 1.52. The van der Waals surface area contributed by atoms with Gasteiger partial charge >= 0.3 is 0 Å². The third kappa shape index (κ3) is 13.0. The van der Waals surface area contributed by atoms with Crippen LogP contribution in [-0.4, -0.2) is 159 Å². The average Bonchev–Trinajstić information content (AvgIpc) is 3.03. The molecular formula is C29H52N2O15. The van der Waals surface area contributed by atoms with Crippen LogP contribution < -0.4 is 10.6 Å². The number of aliphatic hydroxyl groups is 8. The third-order valence-corrected chi connectivity index (χ3v) is 7.93. The maximum absolute atomic E-state index is 12.3. The van der Waals surface area contributed by atoms with Gasteiger partial charge in [-0.1, -0.05) is 0 Å². The number of Topliss-reactive ketones (excluding diaryl/α,β-unsaturated/α-hetero) is 1. The highest BCUT2D eigenvalue weighted by molar-refractivity contribution is 5.87. The number of hydrogen-bond acceptors (Lipinski definition) is 15. The number of ether oxygens (including phenoxy) is 4. The van der Waals surface area contributed by atoms with Crippen molar-refractivity contribution >= 4 is 17.6 Å². The highest BCUT2D eigenvalue weighted by atomic mass is 16.7. The third-order valence-electron chi connectivity index (χ3n) is 7.93. The van der Waals surface area contributed by atoms with E-state index in [4.69, 9.17) is 18.9 Å². The minimum Gasteiger partial charge on any atom is -0.394 e. The van der Waals surface area contributed by atoms with E-state index in [1.54, 1.807) is 0 Å². The Labute approximate surface area is 267 Å². The normalized spacial score (nSPS) is 32.1. The molecule has 9 unspecified atom stereocenters. The highest BCUT2D eigenvalue weighted by Gasteiger charge is 2.45. The molecular weight excluding hydrogens is 616 g/mol. The van der Waals surface area contributed by atoms with Crippen molar-refractivity contribution < 1.29 is 74.2 Å². The molecule has 11 atom stereocenters. The van der Waals surface area contributed by atoms with Crippen molar-refractivity contribution in [2.45, 2.75) is 132 Å². The number of nitrogens with one attached hydrogen (secondary N) is 2. The molecule has 0 spiro atoms. The Bertz CT molecular complexity index is 910. The average molecular weight is 669 g/mol. The van der Waals surface area contributed by atoms with Crippen LogP contribution in [0.25, 0.3) is 0 Å². The number of hydrogen-bond donors (Lipinski definition) is 10.